The molecule has 0 unspecified atom stereocenters. The second-order valence-electron chi connectivity index (χ2n) is 4.89. The van der Waals surface area contributed by atoms with Crippen LogP contribution in [0.1, 0.15) is 17.5 Å². The van der Waals surface area contributed by atoms with E-state index in [4.69, 9.17) is 5.26 Å². The van der Waals surface area contributed by atoms with Crippen molar-refractivity contribution in [3.05, 3.63) is 58.1 Å². The Balaban J connectivity index is 1.96. The highest BCUT2D eigenvalue weighted by molar-refractivity contribution is 9.10. The van der Waals surface area contributed by atoms with Gasteiger partial charge in [-0.25, -0.2) is 0 Å². The quantitative estimate of drug-likeness (QED) is 0.805. The maximum Gasteiger partial charge on any atom is 0.233 e. The Kier molecular flexibility index (Phi) is 5.50. The summed E-state index contributed by atoms with van der Waals surface area (Å²) >= 11 is 3.38. The maximum absolute atomic E-state index is 11.9. The van der Waals surface area contributed by atoms with Gasteiger partial charge in [-0.05, 0) is 42.8 Å². The molecule has 0 saturated heterocycles. The number of nitrogens with one attached hydrogen (secondary N) is 2. The Morgan fingerprint density at radius 3 is 2.52 bits per heavy atom. The number of anilines is 2. The van der Waals surface area contributed by atoms with E-state index in [2.05, 4.69) is 26.6 Å². The molecule has 2 amide bonds. The van der Waals surface area contributed by atoms with E-state index in [9.17, 15) is 9.59 Å². The molecule has 0 saturated carbocycles. The number of halogens is 1. The Bertz CT molecular complexity index is 797. The van der Waals surface area contributed by atoms with Gasteiger partial charge in [0.05, 0.1) is 11.3 Å². The van der Waals surface area contributed by atoms with Gasteiger partial charge in [0, 0.05) is 10.2 Å². The lowest BCUT2D eigenvalue weighted by Crippen LogP contribution is -2.21. The van der Waals surface area contributed by atoms with Gasteiger partial charge in [0.2, 0.25) is 11.8 Å². The van der Waals surface area contributed by atoms with Crippen molar-refractivity contribution in [2.75, 3.05) is 10.6 Å². The normalized spacial score (nSPS) is 9.78. The lowest BCUT2D eigenvalue weighted by atomic mass is 10.2. The van der Waals surface area contributed by atoms with Crippen molar-refractivity contribution in [1.82, 2.24) is 0 Å². The van der Waals surface area contributed by atoms with Crippen LogP contribution in [0.5, 0.6) is 0 Å². The Labute approximate surface area is 142 Å². The number of hydrogen-bond donors (Lipinski definition) is 2. The summed E-state index contributed by atoms with van der Waals surface area (Å²) in [6.07, 6.45) is -0.325. The van der Waals surface area contributed by atoms with Gasteiger partial charge in [0.15, 0.2) is 0 Å². The maximum atomic E-state index is 11.9. The smallest absolute Gasteiger partial charge is 0.233 e. The molecule has 2 aromatic rings. The van der Waals surface area contributed by atoms with Crippen molar-refractivity contribution in [2.45, 2.75) is 13.3 Å². The molecule has 0 aliphatic heterocycles. The second-order valence-corrected chi connectivity index (χ2v) is 5.75. The number of nitriles is 1. The van der Waals surface area contributed by atoms with Gasteiger partial charge in [-0.2, -0.15) is 5.26 Å². The average Bonchev–Trinajstić information content (AvgIpc) is 2.51. The molecule has 23 heavy (non-hydrogen) atoms. The van der Waals surface area contributed by atoms with Crippen LogP contribution in [0.4, 0.5) is 11.4 Å². The first-order valence-electron chi connectivity index (χ1n) is 6.84. The van der Waals surface area contributed by atoms with Crippen molar-refractivity contribution >= 4 is 39.1 Å². The van der Waals surface area contributed by atoms with Crippen molar-refractivity contribution < 1.29 is 9.59 Å². The molecular formula is C17H14BrN3O2. The number of hydrogen-bond acceptors (Lipinski definition) is 3. The monoisotopic (exact) mass is 371 g/mol. The largest absolute Gasteiger partial charge is 0.326 e. The third kappa shape index (κ3) is 4.66. The zero-order chi connectivity index (χ0) is 16.8. The number of amides is 2. The van der Waals surface area contributed by atoms with Gasteiger partial charge in [-0.3, -0.25) is 9.59 Å². The van der Waals surface area contributed by atoms with E-state index in [-0.39, 0.29) is 6.42 Å². The predicted octanol–water partition coefficient (Wildman–Crippen LogP) is 3.60. The van der Waals surface area contributed by atoms with Crippen molar-refractivity contribution in [1.29, 1.82) is 5.26 Å². The number of benzene rings is 2. The molecule has 0 fully saturated rings. The van der Waals surface area contributed by atoms with Gasteiger partial charge >= 0.3 is 0 Å². The van der Waals surface area contributed by atoms with Crippen molar-refractivity contribution in [2.24, 2.45) is 0 Å². The van der Waals surface area contributed by atoms with Gasteiger partial charge in [-0.1, -0.05) is 28.1 Å². The fourth-order valence-corrected chi connectivity index (χ4v) is 2.20. The minimum atomic E-state index is -0.473. The number of nitrogens with zero attached hydrogens (tertiary/aromatic N) is 1. The standard InChI is InChI=1S/C17H14BrN3O2/c1-11-8-13(6-7-14(11)18)20-16(22)9-17(23)21-15-5-3-2-4-12(15)10-19/h2-8H,9H2,1H3,(H,20,22)(H,21,23). The first-order chi connectivity index (χ1) is 11.0. The Hall–Kier alpha value is -2.65. The van der Waals surface area contributed by atoms with E-state index in [0.717, 1.165) is 10.0 Å². The van der Waals surface area contributed by atoms with E-state index in [0.29, 0.717) is 16.9 Å². The van der Waals surface area contributed by atoms with E-state index < -0.39 is 11.8 Å². The topological polar surface area (TPSA) is 82.0 Å². The fourth-order valence-electron chi connectivity index (χ4n) is 1.96. The van der Waals surface area contributed by atoms with Crippen LogP contribution >= 0.6 is 15.9 Å². The molecule has 0 bridgehead atoms. The summed E-state index contributed by atoms with van der Waals surface area (Å²) in [6, 6.07) is 14.0. The molecule has 2 N–H and O–H groups in total. The summed E-state index contributed by atoms with van der Waals surface area (Å²) in [6.45, 7) is 1.91. The molecule has 116 valence electrons. The summed E-state index contributed by atoms with van der Waals surface area (Å²) in [5.41, 5.74) is 2.35. The van der Waals surface area contributed by atoms with Crippen LogP contribution < -0.4 is 10.6 Å². The van der Waals surface area contributed by atoms with E-state index in [1.165, 1.54) is 0 Å². The molecule has 0 aliphatic carbocycles. The summed E-state index contributed by atoms with van der Waals surface area (Å²) in [7, 11) is 0. The molecule has 0 radical (unpaired) electrons. The number of carbonyl (C=O) groups is 2. The molecule has 0 atom stereocenters. The van der Waals surface area contributed by atoms with E-state index >= 15 is 0 Å². The van der Waals surface area contributed by atoms with Crippen molar-refractivity contribution in [3.8, 4) is 6.07 Å². The molecule has 0 heterocycles. The SMILES string of the molecule is Cc1cc(NC(=O)CC(=O)Nc2ccccc2C#N)ccc1Br. The van der Waals surface area contributed by atoms with Crippen LogP contribution in [0.25, 0.3) is 0 Å². The minimum Gasteiger partial charge on any atom is -0.326 e. The fraction of sp³-hybridized carbons (Fsp3) is 0.118. The molecule has 0 spiro atoms. The van der Waals surface area contributed by atoms with Crippen LogP contribution in [0, 0.1) is 18.3 Å². The number of rotatable bonds is 4. The summed E-state index contributed by atoms with van der Waals surface area (Å²) < 4.78 is 0.946. The van der Waals surface area contributed by atoms with E-state index in [1.807, 2.05) is 25.1 Å². The van der Waals surface area contributed by atoms with Crippen LogP contribution in [0.2, 0.25) is 0 Å². The Morgan fingerprint density at radius 1 is 1.13 bits per heavy atom. The molecule has 2 rings (SSSR count). The molecule has 5 nitrogen and oxygen atoms in total. The van der Waals surface area contributed by atoms with Gasteiger partial charge in [0.25, 0.3) is 0 Å². The highest BCUT2D eigenvalue weighted by atomic mass is 79.9. The number of carbonyl (C=O) groups excluding carboxylic acids is 2. The Morgan fingerprint density at radius 2 is 1.83 bits per heavy atom. The number of para-hydroxylation sites is 1. The molecule has 2 aromatic carbocycles. The third-order valence-electron chi connectivity index (χ3n) is 3.08. The summed E-state index contributed by atoms with van der Waals surface area (Å²) in [4.78, 5) is 23.8. The second kappa shape index (κ2) is 7.56. The zero-order valence-electron chi connectivity index (χ0n) is 12.4. The minimum absolute atomic E-state index is 0.325. The number of aryl methyl sites for hydroxylation is 1. The summed E-state index contributed by atoms with van der Waals surface area (Å²) in [5.74, 6) is -0.891. The highest BCUT2D eigenvalue weighted by Gasteiger charge is 2.12. The lowest BCUT2D eigenvalue weighted by Gasteiger charge is -2.08. The van der Waals surface area contributed by atoms with Crippen LogP contribution in [0.15, 0.2) is 46.9 Å². The average molecular weight is 372 g/mol. The first-order valence-corrected chi connectivity index (χ1v) is 7.64. The lowest BCUT2D eigenvalue weighted by molar-refractivity contribution is -0.123. The molecule has 0 aromatic heterocycles. The highest BCUT2D eigenvalue weighted by Crippen LogP contribution is 2.20. The predicted molar refractivity (Wildman–Crippen MR) is 91.9 cm³/mol. The van der Waals surface area contributed by atoms with Gasteiger partial charge in [0.1, 0.15) is 12.5 Å². The van der Waals surface area contributed by atoms with Crippen LogP contribution in [-0.4, -0.2) is 11.8 Å². The van der Waals surface area contributed by atoms with Crippen LogP contribution in [-0.2, 0) is 9.59 Å². The third-order valence-corrected chi connectivity index (χ3v) is 3.97. The molecule has 6 heteroatoms. The zero-order valence-corrected chi connectivity index (χ0v) is 14.0. The van der Waals surface area contributed by atoms with Gasteiger partial charge < -0.3 is 10.6 Å². The van der Waals surface area contributed by atoms with Crippen molar-refractivity contribution in [3.63, 3.8) is 0 Å². The molecule has 0 aliphatic rings. The van der Waals surface area contributed by atoms with E-state index in [1.54, 1.807) is 30.3 Å². The van der Waals surface area contributed by atoms with Gasteiger partial charge in [-0.15, -0.1) is 0 Å². The molecular weight excluding hydrogens is 358 g/mol. The van der Waals surface area contributed by atoms with Crippen LogP contribution in [0.3, 0.4) is 0 Å². The summed E-state index contributed by atoms with van der Waals surface area (Å²) in [5, 5.41) is 14.2. The first kappa shape index (κ1) is 16.7.